The van der Waals surface area contributed by atoms with Gasteiger partial charge in [0, 0.05) is 10.6 Å². The predicted octanol–water partition coefficient (Wildman–Crippen LogP) is 5.72. The van der Waals surface area contributed by atoms with Crippen LogP contribution in [0.5, 0.6) is 5.75 Å². The lowest BCUT2D eigenvalue weighted by atomic mass is 10.2. The van der Waals surface area contributed by atoms with Crippen molar-refractivity contribution < 1.29 is 9.53 Å². The molecule has 0 atom stereocenters. The summed E-state index contributed by atoms with van der Waals surface area (Å²) in [6.45, 7) is 2.84. The fourth-order valence-corrected chi connectivity index (χ4v) is 2.82. The number of amides is 1. The van der Waals surface area contributed by atoms with Gasteiger partial charge in [-0.3, -0.25) is 4.79 Å². The standard InChI is InChI=1S/C20H22Cl2N2O2/c1-2-3-4-7-12-26-19-9-6-5-8-15(19)14-23-24-20(25)17-11-10-16(21)13-18(17)22/h5-6,8-11,13-14H,2-4,7,12H2,1H3,(H,24,25)/b23-14+. The highest BCUT2D eigenvalue weighted by molar-refractivity contribution is 6.36. The molecule has 0 saturated heterocycles. The van der Waals surface area contributed by atoms with Crippen LogP contribution in [-0.2, 0) is 0 Å². The Morgan fingerprint density at radius 2 is 1.96 bits per heavy atom. The highest BCUT2D eigenvalue weighted by Gasteiger charge is 2.09. The van der Waals surface area contributed by atoms with Gasteiger partial charge in [-0.15, -0.1) is 0 Å². The quantitative estimate of drug-likeness (QED) is 0.337. The Hall–Kier alpha value is -2.04. The molecule has 0 saturated carbocycles. The summed E-state index contributed by atoms with van der Waals surface area (Å²) in [5, 5.41) is 4.75. The average molecular weight is 393 g/mol. The van der Waals surface area contributed by atoms with E-state index in [9.17, 15) is 4.79 Å². The van der Waals surface area contributed by atoms with Crippen molar-refractivity contribution in [3.05, 3.63) is 63.6 Å². The number of nitrogens with one attached hydrogen (secondary N) is 1. The van der Waals surface area contributed by atoms with Gasteiger partial charge in [0.25, 0.3) is 5.91 Å². The topological polar surface area (TPSA) is 50.7 Å². The second-order valence-corrected chi connectivity index (χ2v) is 6.61. The number of ether oxygens (including phenoxy) is 1. The SMILES string of the molecule is CCCCCCOc1ccccc1/C=N/NC(=O)c1ccc(Cl)cc1Cl. The molecule has 0 aliphatic heterocycles. The minimum Gasteiger partial charge on any atom is -0.493 e. The van der Waals surface area contributed by atoms with Crippen molar-refractivity contribution in [2.24, 2.45) is 5.10 Å². The van der Waals surface area contributed by atoms with E-state index in [2.05, 4.69) is 17.5 Å². The smallest absolute Gasteiger partial charge is 0.272 e. The van der Waals surface area contributed by atoms with E-state index in [0.29, 0.717) is 17.2 Å². The zero-order valence-corrected chi connectivity index (χ0v) is 16.2. The van der Waals surface area contributed by atoms with Crippen LogP contribution in [0, 0.1) is 0 Å². The summed E-state index contributed by atoms with van der Waals surface area (Å²) >= 11 is 11.9. The van der Waals surface area contributed by atoms with Crippen LogP contribution in [0.1, 0.15) is 48.5 Å². The minimum absolute atomic E-state index is 0.279. The number of hydrogen-bond donors (Lipinski definition) is 1. The van der Waals surface area contributed by atoms with Crippen molar-refractivity contribution in [1.82, 2.24) is 5.43 Å². The van der Waals surface area contributed by atoms with Gasteiger partial charge in [-0.1, -0.05) is 61.5 Å². The highest BCUT2D eigenvalue weighted by Crippen LogP contribution is 2.21. The van der Waals surface area contributed by atoms with Gasteiger partial charge in [0.2, 0.25) is 0 Å². The zero-order valence-electron chi connectivity index (χ0n) is 14.7. The normalized spacial score (nSPS) is 10.9. The van der Waals surface area contributed by atoms with Crippen LogP contribution < -0.4 is 10.2 Å². The lowest BCUT2D eigenvalue weighted by Crippen LogP contribution is -2.18. The molecule has 2 aromatic rings. The maximum atomic E-state index is 12.1. The summed E-state index contributed by atoms with van der Waals surface area (Å²) in [6.07, 6.45) is 6.14. The molecule has 0 aromatic heterocycles. The molecular formula is C20H22Cl2N2O2. The number of para-hydroxylation sites is 1. The molecule has 6 heteroatoms. The van der Waals surface area contributed by atoms with Crippen molar-refractivity contribution in [3.63, 3.8) is 0 Å². The van der Waals surface area contributed by atoms with Crippen LogP contribution in [-0.4, -0.2) is 18.7 Å². The Balaban J connectivity index is 1.94. The van der Waals surface area contributed by atoms with E-state index in [1.807, 2.05) is 24.3 Å². The van der Waals surface area contributed by atoms with Crippen LogP contribution in [0.2, 0.25) is 10.0 Å². The van der Waals surface area contributed by atoms with Crippen molar-refractivity contribution in [2.75, 3.05) is 6.61 Å². The molecule has 0 heterocycles. The third kappa shape index (κ3) is 6.36. The van der Waals surface area contributed by atoms with Gasteiger partial charge in [0.1, 0.15) is 5.75 Å². The molecule has 0 spiro atoms. The highest BCUT2D eigenvalue weighted by atomic mass is 35.5. The predicted molar refractivity (Wildman–Crippen MR) is 108 cm³/mol. The Morgan fingerprint density at radius 3 is 2.73 bits per heavy atom. The first-order valence-corrected chi connectivity index (χ1v) is 9.37. The van der Waals surface area contributed by atoms with Gasteiger partial charge in [0.05, 0.1) is 23.4 Å². The largest absolute Gasteiger partial charge is 0.493 e. The van der Waals surface area contributed by atoms with Gasteiger partial charge in [-0.25, -0.2) is 5.43 Å². The molecule has 2 rings (SSSR count). The molecule has 0 fully saturated rings. The lowest BCUT2D eigenvalue weighted by Gasteiger charge is -2.08. The van der Waals surface area contributed by atoms with E-state index in [0.717, 1.165) is 24.2 Å². The van der Waals surface area contributed by atoms with Gasteiger partial charge < -0.3 is 4.74 Å². The molecule has 2 aromatic carbocycles. The summed E-state index contributed by atoms with van der Waals surface area (Å²) in [5.41, 5.74) is 3.58. The number of benzene rings is 2. The van der Waals surface area contributed by atoms with E-state index >= 15 is 0 Å². The summed E-state index contributed by atoms with van der Waals surface area (Å²) in [6, 6.07) is 12.2. The molecule has 4 nitrogen and oxygen atoms in total. The van der Waals surface area contributed by atoms with E-state index in [1.165, 1.54) is 18.9 Å². The van der Waals surface area contributed by atoms with Crippen LogP contribution in [0.25, 0.3) is 0 Å². The molecule has 1 N–H and O–H groups in total. The van der Waals surface area contributed by atoms with Gasteiger partial charge in [-0.05, 0) is 36.8 Å². The minimum atomic E-state index is -0.402. The Morgan fingerprint density at radius 1 is 1.15 bits per heavy atom. The fraction of sp³-hybridized carbons (Fsp3) is 0.300. The Kier molecular flexibility index (Phi) is 8.45. The van der Waals surface area contributed by atoms with Gasteiger partial charge in [-0.2, -0.15) is 5.10 Å². The Bertz CT molecular complexity index is 763. The molecule has 1 amide bonds. The number of hydrazone groups is 1. The van der Waals surface area contributed by atoms with Crippen LogP contribution in [0.15, 0.2) is 47.6 Å². The molecule has 0 unspecified atom stereocenters. The monoisotopic (exact) mass is 392 g/mol. The molecule has 26 heavy (non-hydrogen) atoms. The van der Waals surface area contributed by atoms with Crippen LogP contribution in [0.3, 0.4) is 0 Å². The van der Waals surface area contributed by atoms with Crippen molar-refractivity contribution in [1.29, 1.82) is 0 Å². The molecule has 0 aliphatic carbocycles. The number of nitrogens with zero attached hydrogens (tertiary/aromatic N) is 1. The maximum absolute atomic E-state index is 12.1. The summed E-state index contributed by atoms with van der Waals surface area (Å²) < 4.78 is 5.82. The van der Waals surface area contributed by atoms with E-state index in [-0.39, 0.29) is 5.02 Å². The average Bonchev–Trinajstić information content (AvgIpc) is 2.62. The summed E-state index contributed by atoms with van der Waals surface area (Å²) in [5.74, 6) is 0.340. The zero-order chi connectivity index (χ0) is 18.8. The number of unbranched alkanes of at least 4 members (excludes halogenated alkanes) is 3. The number of hydrogen-bond acceptors (Lipinski definition) is 3. The van der Waals surface area contributed by atoms with Crippen molar-refractivity contribution >= 4 is 35.3 Å². The number of halogens is 2. The van der Waals surface area contributed by atoms with Crippen molar-refractivity contribution in [2.45, 2.75) is 32.6 Å². The molecular weight excluding hydrogens is 371 g/mol. The second-order valence-electron chi connectivity index (χ2n) is 5.77. The molecule has 0 aliphatic rings. The molecule has 0 radical (unpaired) electrons. The van der Waals surface area contributed by atoms with Gasteiger partial charge >= 0.3 is 0 Å². The lowest BCUT2D eigenvalue weighted by molar-refractivity contribution is 0.0955. The maximum Gasteiger partial charge on any atom is 0.272 e. The van der Waals surface area contributed by atoms with Crippen LogP contribution >= 0.6 is 23.2 Å². The first-order valence-electron chi connectivity index (χ1n) is 8.62. The summed E-state index contributed by atoms with van der Waals surface area (Å²) in [7, 11) is 0. The molecule has 138 valence electrons. The second kappa shape index (κ2) is 10.8. The number of rotatable bonds is 9. The third-order valence-corrected chi connectivity index (χ3v) is 4.27. The third-order valence-electron chi connectivity index (χ3n) is 3.72. The molecule has 0 bridgehead atoms. The number of carbonyl (C=O) groups excluding carboxylic acids is 1. The first kappa shape index (κ1) is 20.3. The van der Waals surface area contributed by atoms with Crippen LogP contribution in [0.4, 0.5) is 0 Å². The number of carbonyl (C=O) groups is 1. The summed E-state index contributed by atoms with van der Waals surface area (Å²) in [4.78, 5) is 12.1. The first-order chi connectivity index (χ1) is 12.6. The Labute approximate surface area is 164 Å². The van der Waals surface area contributed by atoms with E-state index in [1.54, 1.807) is 18.3 Å². The van der Waals surface area contributed by atoms with Gasteiger partial charge in [0.15, 0.2) is 0 Å². The van der Waals surface area contributed by atoms with Crippen molar-refractivity contribution in [3.8, 4) is 5.75 Å². The van der Waals surface area contributed by atoms with E-state index < -0.39 is 5.91 Å². The fourth-order valence-electron chi connectivity index (χ4n) is 2.32. The van der Waals surface area contributed by atoms with E-state index in [4.69, 9.17) is 27.9 Å².